The molecule has 12 unspecified atom stereocenters. The van der Waals surface area contributed by atoms with Gasteiger partial charge in [-0.3, -0.25) is 4.79 Å². The van der Waals surface area contributed by atoms with Crippen molar-refractivity contribution < 1.29 is 64.6 Å². The lowest BCUT2D eigenvalue weighted by atomic mass is 9.97. The zero-order valence-electron chi connectivity index (χ0n) is 33.2. The van der Waals surface area contributed by atoms with Crippen LogP contribution in [-0.4, -0.2) is 140 Å². The van der Waals surface area contributed by atoms with Gasteiger partial charge >= 0.3 is 0 Å². The third-order valence-corrected chi connectivity index (χ3v) is 10.0. The average molecular weight is 788 g/mol. The van der Waals surface area contributed by atoms with Crippen LogP contribution in [-0.2, 0) is 23.7 Å². The molecule has 0 radical (unpaired) electrons. The van der Waals surface area contributed by atoms with Crippen molar-refractivity contribution in [2.75, 3.05) is 19.8 Å². The van der Waals surface area contributed by atoms with Gasteiger partial charge in [0.2, 0.25) is 5.91 Å². The number of unbranched alkanes of at least 4 members (excludes halogenated alkanes) is 12. The molecule has 320 valence electrons. The van der Waals surface area contributed by atoms with Crippen molar-refractivity contribution >= 4 is 5.91 Å². The summed E-state index contributed by atoms with van der Waals surface area (Å²) in [6.45, 7) is 2.61. The van der Waals surface area contributed by atoms with Gasteiger partial charge in [-0.2, -0.15) is 0 Å². The van der Waals surface area contributed by atoms with Gasteiger partial charge in [0, 0.05) is 6.42 Å². The summed E-state index contributed by atoms with van der Waals surface area (Å²) in [5, 5.41) is 86.1. The maximum Gasteiger partial charge on any atom is 0.220 e. The van der Waals surface area contributed by atoms with Crippen LogP contribution in [0.1, 0.15) is 123 Å². The Balaban J connectivity index is 1.97. The van der Waals surface area contributed by atoms with Crippen molar-refractivity contribution in [1.82, 2.24) is 5.32 Å². The molecule has 0 aromatic rings. The molecule has 14 heteroatoms. The maximum atomic E-state index is 13.0. The first-order valence-electron chi connectivity index (χ1n) is 20.7. The molecule has 0 bridgehead atoms. The smallest absolute Gasteiger partial charge is 0.220 e. The molecule has 0 aliphatic carbocycles. The Morgan fingerprint density at radius 2 is 1.16 bits per heavy atom. The summed E-state index contributed by atoms with van der Waals surface area (Å²) in [6.07, 6.45) is 12.2. The maximum absolute atomic E-state index is 13.0. The molecule has 2 aliphatic heterocycles. The first kappa shape index (κ1) is 49.4. The molecule has 0 aromatic carbocycles. The molecule has 2 saturated heterocycles. The van der Waals surface area contributed by atoms with Crippen molar-refractivity contribution in [2.45, 2.75) is 197 Å². The van der Waals surface area contributed by atoms with Crippen molar-refractivity contribution in [1.29, 1.82) is 0 Å². The SMILES string of the molecule is CCC/C=C/CC/C=C/CC/C=C/C(O)C(COC1OC(CO)C(OC2OC(CO)C(O)C(O)C2O)C(O)C1O)NC(=O)CCCCCCCCCCCC. The Kier molecular flexibility index (Phi) is 26.4. The zero-order valence-corrected chi connectivity index (χ0v) is 33.2. The second-order valence-electron chi connectivity index (χ2n) is 14.7. The molecule has 2 rings (SSSR count). The number of rotatable bonds is 29. The first-order valence-corrected chi connectivity index (χ1v) is 20.7. The van der Waals surface area contributed by atoms with E-state index in [0.717, 1.165) is 51.4 Å². The summed E-state index contributed by atoms with van der Waals surface area (Å²) in [6, 6.07) is -0.930. The van der Waals surface area contributed by atoms with Crippen molar-refractivity contribution in [3.8, 4) is 0 Å². The van der Waals surface area contributed by atoms with Crippen LogP contribution in [0, 0.1) is 0 Å². The molecule has 1 amide bonds. The Morgan fingerprint density at radius 3 is 1.75 bits per heavy atom. The third-order valence-electron chi connectivity index (χ3n) is 10.0. The van der Waals surface area contributed by atoms with Crippen LogP contribution in [0.2, 0.25) is 0 Å². The minimum absolute atomic E-state index is 0.261. The van der Waals surface area contributed by atoms with Crippen molar-refractivity contribution in [3.05, 3.63) is 36.5 Å². The lowest BCUT2D eigenvalue weighted by molar-refractivity contribution is -0.359. The molecule has 0 spiro atoms. The number of carbonyl (C=O) groups excluding carboxylic acids is 1. The molecule has 12 atom stereocenters. The van der Waals surface area contributed by atoms with E-state index in [4.69, 9.17) is 18.9 Å². The van der Waals surface area contributed by atoms with E-state index in [1.807, 2.05) is 6.08 Å². The fourth-order valence-electron chi connectivity index (χ4n) is 6.56. The number of carbonyl (C=O) groups is 1. The van der Waals surface area contributed by atoms with E-state index in [0.29, 0.717) is 12.8 Å². The predicted molar refractivity (Wildman–Crippen MR) is 208 cm³/mol. The van der Waals surface area contributed by atoms with E-state index in [1.165, 1.54) is 38.5 Å². The topological polar surface area (TPSA) is 228 Å². The fourth-order valence-corrected chi connectivity index (χ4v) is 6.56. The van der Waals surface area contributed by atoms with Gasteiger partial charge in [-0.05, 0) is 38.5 Å². The van der Waals surface area contributed by atoms with Crippen LogP contribution in [0.15, 0.2) is 36.5 Å². The number of ether oxygens (including phenoxy) is 4. The number of aliphatic hydroxyl groups excluding tert-OH is 8. The van der Waals surface area contributed by atoms with Gasteiger partial charge in [-0.25, -0.2) is 0 Å². The van der Waals surface area contributed by atoms with E-state index in [-0.39, 0.29) is 18.9 Å². The Morgan fingerprint density at radius 1 is 0.636 bits per heavy atom. The van der Waals surface area contributed by atoms with Crippen LogP contribution in [0.3, 0.4) is 0 Å². The number of aliphatic hydroxyl groups is 8. The van der Waals surface area contributed by atoms with Crippen LogP contribution in [0.4, 0.5) is 0 Å². The summed E-state index contributed by atoms with van der Waals surface area (Å²) in [5.41, 5.74) is 0. The molecule has 9 N–H and O–H groups in total. The number of hydrogen-bond donors (Lipinski definition) is 9. The number of hydrogen-bond acceptors (Lipinski definition) is 13. The van der Waals surface area contributed by atoms with Crippen LogP contribution in [0.25, 0.3) is 0 Å². The predicted octanol–water partition coefficient (Wildman–Crippen LogP) is 2.81. The first-order chi connectivity index (χ1) is 26.6. The van der Waals surface area contributed by atoms with E-state index >= 15 is 0 Å². The van der Waals surface area contributed by atoms with E-state index in [9.17, 15) is 45.6 Å². The summed E-state index contributed by atoms with van der Waals surface area (Å²) < 4.78 is 22.5. The third kappa shape index (κ3) is 18.6. The lowest BCUT2D eigenvalue weighted by Crippen LogP contribution is -2.65. The minimum atomic E-state index is -1.79. The highest BCUT2D eigenvalue weighted by molar-refractivity contribution is 5.76. The molecule has 2 heterocycles. The molecule has 0 aromatic heterocycles. The number of amides is 1. The quantitative estimate of drug-likeness (QED) is 0.0393. The molecule has 2 fully saturated rings. The highest BCUT2D eigenvalue weighted by Gasteiger charge is 2.50. The van der Waals surface area contributed by atoms with E-state index in [2.05, 4.69) is 43.5 Å². The van der Waals surface area contributed by atoms with Gasteiger partial charge in [0.15, 0.2) is 12.6 Å². The summed E-state index contributed by atoms with van der Waals surface area (Å²) in [7, 11) is 0. The normalized spacial score (nSPS) is 30.1. The van der Waals surface area contributed by atoms with Gasteiger partial charge in [0.1, 0.15) is 48.8 Å². The molecule has 0 saturated carbocycles. The van der Waals surface area contributed by atoms with Crippen LogP contribution < -0.4 is 5.32 Å². The van der Waals surface area contributed by atoms with Crippen LogP contribution in [0.5, 0.6) is 0 Å². The Bertz CT molecular complexity index is 1070. The van der Waals surface area contributed by atoms with Crippen LogP contribution >= 0.6 is 0 Å². The van der Waals surface area contributed by atoms with Gasteiger partial charge in [-0.15, -0.1) is 0 Å². The van der Waals surface area contributed by atoms with Gasteiger partial charge < -0.3 is 65.1 Å². The van der Waals surface area contributed by atoms with Crippen molar-refractivity contribution in [2.24, 2.45) is 0 Å². The van der Waals surface area contributed by atoms with E-state index < -0.39 is 86.8 Å². The summed E-state index contributed by atoms with van der Waals surface area (Å²) in [4.78, 5) is 13.0. The lowest BCUT2D eigenvalue weighted by Gasteiger charge is -2.46. The molecule has 2 aliphatic rings. The molecular formula is C41H73NO13. The van der Waals surface area contributed by atoms with E-state index in [1.54, 1.807) is 6.08 Å². The Hall–Kier alpha value is -1.79. The van der Waals surface area contributed by atoms with Gasteiger partial charge in [0.05, 0.1) is 32.0 Å². The zero-order chi connectivity index (χ0) is 40.4. The fraction of sp³-hybridized carbons (Fsp3) is 0.829. The van der Waals surface area contributed by atoms with Crippen molar-refractivity contribution in [3.63, 3.8) is 0 Å². The summed E-state index contributed by atoms with van der Waals surface area (Å²) in [5.74, 6) is -0.261. The second-order valence-corrected chi connectivity index (χ2v) is 14.7. The summed E-state index contributed by atoms with van der Waals surface area (Å²) >= 11 is 0. The molecular weight excluding hydrogens is 714 g/mol. The highest BCUT2D eigenvalue weighted by atomic mass is 16.7. The largest absolute Gasteiger partial charge is 0.394 e. The number of nitrogens with one attached hydrogen (secondary N) is 1. The second kappa shape index (κ2) is 29.4. The van der Waals surface area contributed by atoms with Gasteiger partial charge in [0.25, 0.3) is 0 Å². The standard InChI is InChI=1S/C41H73NO13/c1-3-5-7-9-11-13-15-16-18-20-22-24-30(45)29(42-33(46)25-23-21-19-17-14-12-10-8-6-4-2)28-52-40-38(51)36(49)39(32(27-44)54-40)55-41-37(50)35(48)34(47)31(26-43)53-41/h7,9,15-16,22,24,29-32,34-41,43-45,47-51H,3-6,8,10-14,17-21,23,25-28H2,1-2H3,(H,42,46)/b9-7+,16-15+,24-22+. The van der Waals surface area contributed by atoms with Gasteiger partial charge in [-0.1, -0.05) is 115 Å². The molecule has 55 heavy (non-hydrogen) atoms. The molecule has 14 nitrogen and oxygen atoms in total. The minimum Gasteiger partial charge on any atom is -0.394 e. The monoisotopic (exact) mass is 788 g/mol. The number of allylic oxidation sites excluding steroid dienone is 5. The Labute approximate surface area is 328 Å². The average Bonchev–Trinajstić information content (AvgIpc) is 3.18. The highest BCUT2D eigenvalue weighted by Crippen LogP contribution is 2.29.